The summed E-state index contributed by atoms with van der Waals surface area (Å²) in [6, 6.07) is 5.99. The van der Waals surface area contributed by atoms with Gasteiger partial charge in [0.2, 0.25) is 0 Å². The number of carbonyl (C=O) groups excluding carboxylic acids is 1. The van der Waals surface area contributed by atoms with Gasteiger partial charge in [0.25, 0.3) is 5.91 Å². The zero-order valence-electron chi connectivity index (χ0n) is 22.6. The molecule has 16 heteroatoms. The Labute approximate surface area is 225 Å². The van der Waals surface area contributed by atoms with Crippen LogP contribution in [-0.2, 0) is 20.9 Å². The van der Waals surface area contributed by atoms with Crippen LogP contribution in [0.5, 0.6) is 0 Å². The number of halogens is 6. The lowest BCUT2D eigenvalue weighted by atomic mass is 9.92. The normalized spacial score (nSPS) is 12.2. The molecule has 0 radical (unpaired) electrons. The molecule has 0 saturated heterocycles. The summed E-state index contributed by atoms with van der Waals surface area (Å²) in [6.45, 7) is 10.7. The Morgan fingerprint density at radius 2 is 1.50 bits per heavy atom. The van der Waals surface area contributed by atoms with Gasteiger partial charge in [0.1, 0.15) is 5.82 Å². The van der Waals surface area contributed by atoms with E-state index in [2.05, 4.69) is 57.3 Å². The summed E-state index contributed by atoms with van der Waals surface area (Å²) in [5.41, 5.74) is 4.59. The van der Waals surface area contributed by atoms with Gasteiger partial charge in [-0.15, -0.1) is 0 Å². The molecule has 226 valence electrons. The van der Waals surface area contributed by atoms with Crippen LogP contribution < -0.4 is 5.48 Å². The molecule has 2 rings (SSSR count). The molecule has 0 unspecified atom stereocenters. The molecule has 40 heavy (non-hydrogen) atoms. The van der Waals surface area contributed by atoms with E-state index in [1.807, 2.05) is 12.1 Å². The summed E-state index contributed by atoms with van der Waals surface area (Å²) < 4.78 is 65.8. The SMILES string of the molecule is CC(C)c1nc2cc(/C=C/C(=O)NO)ccc2n1CC(C)(C)CN(C)C.O=C(O)C(F)(F)F.O=C(O)C(F)(F)F. The Morgan fingerprint density at radius 1 is 1.02 bits per heavy atom. The molecule has 0 bridgehead atoms. The Bertz CT molecular complexity index is 1160. The molecule has 0 saturated carbocycles. The number of hydroxylamine groups is 1. The third-order valence-corrected chi connectivity index (χ3v) is 4.67. The van der Waals surface area contributed by atoms with Crippen molar-refractivity contribution in [3.8, 4) is 0 Å². The Hall–Kier alpha value is -3.66. The van der Waals surface area contributed by atoms with Crippen molar-refractivity contribution in [2.24, 2.45) is 5.41 Å². The van der Waals surface area contributed by atoms with Crippen molar-refractivity contribution in [3.63, 3.8) is 0 Å². The highest BCUT2D eigenvalue weighted by molar-refractivity contribution is 5.91. The summed E-state index contributed by atoms with van der Waals surface area (Å²) >= 11 is 0. The van der Waals surface area contributed by atoms with Crippen molar-refractivity contribution < 1.29 is 56.1 Å². The Kier molecular flexibility index (Phi) is 13.3. The second kappa shape index (κ2) is 14.6. The molecule has 0 spiro atoms. The van der Waals surface area contributed by atoms with Crippen molar-refractivity contribution in [3.05, 3.63) is 35.7 Å². The van der Waals surface area contributed by atoms with Crippen molar-refractivity contribution in [1.82, 2.24) is 19.9 Å². The molecule has 1 amide bonds. The minimum Gasteiger partial charge on any atom is -0.475 e. The van der Waals surface area contributed by atoms with Crippen LogP contribution >= 0.6 is 0 Å². The molecule has 1 aromatic carbocycles. The summed E-state index contributed by atoms with van der Waals surface area (Å²) in [4.78, 5) is 36.0. The summed E-state index contributed by atoms with van der Waals surface area (Å²) in [5, 5.41) is 22.8. The number of hydrogen-bond donors (Lipinski definition) is 4. The first-order valence-corrected chi connectivity index (χ1v) is 11.4. The maximum Gasteiger partial charge on any atom is 0.490 e. The maximum absolute atomic E-state index is 11.2. The van der Waals surface area contributed by atoms with Crippen LogP contribution in [0, 0.1) is 5.41 Å². The number of imidazole rings is 1. The van der Waals surface area contributed by atoms with Crippen molar-refractivity contribution in [1.29, 1.82) is 0 Å². The van der Waals surface area contributed by atoms with Crippen LogP contribution in [-0.4, -0.2) is 80.7 Å². The maximum atomic E-state index is 11.2. The number of aromatic nitrogens is 2. The van der Waals surface area contributed by atoms with Gasteiger partial charge in [-0.1, -0.05) is 33.8 Å². The monoisotopic (exact) mass is 586 g/mol. The number of rotatable bonds is 7. The topological polar surface area (TPSA) is 145 Å². The van der Waals surface area contributed by atoms with E-state index in [1.165, 1.54) is 6.08 Å². The summed E-state index contributed by atoms with van der Waals surface area (Å²) in [7, 11) is 4.19. The average Bonchev–Trinajstić information content (AvgIpc) is 3.13. The van der Waals surface area contributed by atoms with E-state index in [0.717, 1.165) is 35.5 Å². The largest absolute Gasteiger partial charge is 0.490 e. The lowest BCUT2D eigenvalue weighted by molar-refractivity contribution is -0.193. The zero-order chi connectivity index (χ0) is 31.6. The molecule has 10 nitrogen and oxygen atoms in total. The van der Waals surface area contributed by atoms with Gasteiger partial charge in [-0.05, 0) is 43.3 Å². The number of carbonyl (C=O) groups is 3. The lowest BCUT2D eigenvalue weighted by Gasteiger charge is -2.30. The number of aliphatic carboxylic acids is 2. The number of hydrogen-bond acceptors (Lipinski definition) is 6. The van der Waals surface area contributed by atoms with E-state index in [0.29, 0.717) is 5.92 Å². The third-order valence-electron chi connectivity index (χ3n) is 4.67. The van der Waals surface area contributed by atoms with E-state index < -0.39 is 30.2 Å². The third kappa shape index (κ3) is 12.9. The van der Waals surface area contributed by atoms with Crippen LogP contribution in [0.3, 0.4) is 0 Å². The fourth-order valence-electron chi connectivity index (χ4n) is 3.42. The Morgan fingerprint density at radius 3 is 1.88 bits per heavy atom. The van der Waals surface area contributed by atoms with E-state index in [-0.39, 0.29) is 5.41 Å². The van der Waals surface area contributed by atoms with Crippen LogP contribution in [0.2, 0.25) is 0 Å². The molecule has 0 aliphatic rings. The lowest BCUT2D eigenvalue weighted by Crippen LogP contribution is -2.33. The van der Waals surface area contributed by atoms with Gasteiger partial charge in [-0.25, -0.2) is 20.1 Å². The van der Waals surface area contributed by atoms with Crippen molar-refractivity contribution in [2.45, 2.75) is 52.5 Å². The molecule has 4 N–H and O–H groups in total. The zero-order valence-corrected chi connectivity index (χ0v) is 22.6. The second-order valence-corrected chi connectivity index (χ2v) is 9.78. The number of alkyl halides is 6. The molecule has 0 aliphatic carbocycles. The standard InChI is InChI=1S/C20H30N4O2.2C2HF3O2/c1-14(2)19-21-16-11-15(8-10-18(25)22-26)7-9-17(16)24(19)13-20(3,4)12-23(5)6;2*3-2(4,5)1(6)7/h7-11,14,26H,12-13H2,1-6H3,(H,22,25);2*(H,6,7)/b10-8+;;. The predicted molar refractivity (Wildman–Crippen MR) is 133 cm³/mol. The quantitative estimate of drug-likeness (QED) is 0.160. The number of nitrogens with one attached hydrogen (secondary N) is 1. The molecule has 2 aromatic rings. The van der Waals surface area contributed by atoms with Crippen LogP contribution in [0.1, 0.15) is 45.0 Å². The van der Waals surface area contributed by atoms with Crippen molar-refractivity contribution >= 4 is 35.0 Å². The van der Waals surface area contributed by atoms with Gasteiger partial charge < -0.3 is 19.7 Å². The highest BCUT2D eigenvalue weighted by Gasteiger charge is 2.38. The van der Waals surface area contributed by atoms with Gasteiger partial charge in [-0.2, -0.15) is 26.3 Å². The predicted octanol–water partition coefficient (Wildman–Crippen LogP) is 4.53. The minimum atomic E-state index is -5.08. The first-order chi connectivity index (χ1) is 18.0. The van der Waals surface area contributed by atoms with Gasteiger partial charge >= 0.3 is 24.3 Å². The molecule has 1 aromatic heterocycles. The fourth-order valence-corrected chi connectivity index (χ4v) is 3.42. The number of carboxylic acids is 2. The van der Waals surface area contributed by atoms with Crippen LogP contribution in [0.15, 0.2) is 24.3 Å². The molecule has 0 aliphatic heterocycles. The number of fused-ring (bicyclic) bond motifs is 1. The number of carboxylic acid groups (broad SMARTS) is 2. The second-order valence-electron chi connectivity index (χ2n) is 9.78. The molecular formula is C24H32F6N4O6. The van der Waals surface area contributed by atoms with Gasteiger partial charge in [0.15, 0.2) is 0 Å². The van der Waals surface area contributed by atoms with E-state index in [4.69, 9.17) is 30.0 Å². The van der Waals surface area contributed by atoms with Crippen LogP contribution in [0.25, 0.3) is 17.1 Å². The van der Waals surface area contributed by atoms with Gasteiger partial charge in [0, 0.05) is 25.1 Å². The highest BCUT2D eigenvalue weighted by Crippen LogP contribution is 2.28. The minimum absolute atomic E-state index is 0.110. The van der Waals surface area contributed by atoms with E-state index in [1.54, 1.807) is 11.6 Å². The molecular weight excluding hydrogens is 554 g/mol. The first kappa shape index (κ1) is 36.3. The molecule has 1 heterocycles. The smallest absolute Gasteiger partial charge is 0.475 e. The summed E-state index contributed by atoms with van der Waals surface area (Å²) in [6.07, 6.45) is -7.21. The molecule has 0 fully saturated rings. The van der Waals surface area contributed by atoms with Crippen LogP contribution in [0.4, 0.5) is 26.3 Å². The van der Waals surface area contributed by atoms with E-state index in [9.17, 15) is 31.1 Å². The summed E-state index contributed by atoms with van der Waals surface area (Å²) in [5.74, 6) is -4.68. The molecule has 0 atom stereocenters. The highest BCUT2D eigenvalue weighted by atomic mass is 19.4. The van der Waals surface area contributed by atoms with Crippen molar-refractivity contribution in [2.75, 3.05) is 20.6 Å². The first-order valence-electron chi connectivity index (χ1n) is 11.4. The number of nitrogens with zero attached hydrogens (tertiary/aromatic N) is 3. The van der Waals surface area contributed by atoms with E-state index >= 15 is 0 Å². The number of amides is 1. The van der Waals surface area contributed by atoms with Gasteiger partial charge in [-0.3, -0.25) is 10.0 Å². The van der Waals surface area contributed by atoms with Gasteiger partial charge in [0.05, 0.1) is 11.0 Å². The Balaban J connectivity index is 0.000000894. The fraction of sp³-hybridized carbons (Fsp3) is 0.500. The average molecular weight is 587 g/mol. The number of benzene rings is 1.